The zero-order chi connectivity index (χ0) is 24.6. The number of nitriles is 1. The lowest BCUT2D eigenvalue weighted by Gasteiger charge is -2.38. The molecule has 176 valence electrons. The van der Waals surface area contributed by atoms with Crippen LogP contribution < -0.4 is 4.74 Å². The SMILES string of the molecule is CC(C)Oc1ccc(-c2nsc(-c3cccc4c3CC[C@@H]4N(C(=O)O)C(C)(C)C)n2)cc1C#N. The highest BCUT2D eigenvalue weighted by atomic mass is 32.1. The molecule has 1 atom stereocenters. The van der Waals surface area contributed by atoms with Gasteiger partial charge in [0.2, 0.25) is 0 Å². The Kier molecular flexibility index (Phi) is 6.32. The van der Waals surface area contributed by atoms with Crippen molar-refractivity contribution in [3.05, 3.63) is 53.1 Å². The number of hydrogen-bond acceptors (Lipinski definition) is 6. The van der Waals surface area contributed by atoms with Crippen LogP contribution in [0.25, 0.3) is 22.0 Å². The summed E-state index contributed by atoms with van der Waals surface area (Å²) in [5, 5.41) is 20.2. The summed E-state index contributed by atoms with van der Waals surface area (Å²) in [5.74, 6) is 1.10. The van der Waals surface area contributed by atoms with Gasteiger partial charge in [0.25, 0.3) is 0 Å². The normalized spacial score (nSPS) is 15.1. The minimum atomic E-state index is -0.910. The highest BCUT2D eigenvalue weighted by Gasteiger charge is 2.38. The Balaban J connectivity index is 1.68. The average molecular weight is 477 g/mol. The van der Waals surface area contributed by atoms with Crippen LogP contribution in [0.4, 0.5) is 4.79 Å². The molecular formula is C26H28N4O3S. The first-order valence-electron chi connectivity index (χ1n) is 11.3. The molecular weight excluding hydrogens is 448 g/mol. The van der Waals surface area contributed by atoms with Crippen molar-refractivity contribution < 1.29 is 14.6 Å². The van der Waals surface area contributed by atoms with E-state index in [-0.39, 0.29) is 12.1 Å². The van der Waals surface area contributed by atoms with Crippen molar-refractivity contribution in [1.82, 2.24) is 14.3 Å². The summed E-state index contributed by atoms with van der Waals surface area (Å²) in [4.78, 5) is 18.4. The summed E-state index contributed by atoms with van der Waals surface area (Å²) in [7, 11) is 0. The van der Waals surface area contributed by atoms with Gasteiger partial charge >= 0.3 is 6.09 Å². The molecule has 7 nitrogen and oxygen atoms in total. The molecule has 0 unspecified atom stereocenters. The van der Waals surface area contributed by atoms with Gasteiger partial charge in [-0.3, -0.25) is 4.90 Å². The lowest BCUT2D eigenvalue weighted by Crippen LogP contribution is -2.46. The minimum absolute atomic E-state index is 0.0266. The Hall–Kier alpha value is -3.44. The highest BCUT2D eigenvalue weighted by Crippen LogP contribution is 2.43. The molecule has 0 saturated heterocycles. The second kappa shape index (κ2) is 9.07. The molecule has 1 aliphatic rings. The maximum Gasteiger partial charge on any atom is 0.408 e. The van der Waals surface area contributed by atoms with E-state index in [2.05, 4.69) is 10.4 Å². The van der Waals surface area contributed by atoms with E-state index in [1.54, 1.807) is 17.0 Å². The van der Waals surface area contributed by atoms with E-state index in [1.165, 1.54) is 11.5 Å². The fourth-order valence-corrected chi connectivity index (χ4v) is 5.29. The predicted octanol–water partition coefficient (Wildman–Crippen LogP) is 6.30. The topological polar surface area (TPSA) is 99.3 Å². The Morgan fingerprint density at radius 1 is 1.29 bits per heavy atom. The molecule has 0 saturated carbocycles. The second-order valence-electron chi connectivity index (χ2n) is 9.66. The molecule has 0 bridgehead atoms. The molecule has 1 aliphatic carbocycles. The fourth-order valence-electron chi connectivity index (χ4n) is 4.55. The van der Waals surface area contributed by atoms with Crippen molar-refractivity contribution in [2.45, 2.75) is 65.1 Å². The van der Waals surface area contributed by atoms with Crippen LogP contribution in [-0.4, -0.2) is 37.1 Å². The van der Waals surface area contributed by atoms with Crippen LogP contribution in [-0.2, 0) is 6.42 Å². The average Bonchev–Trinajstić information content (AvgIpc) is 3.40. The van der Waals surface area contributed by atoms with E-state index in [0.29, 0.717) is 17.1 Å². The molecule has 1 heterocycles. The molecule has 0 fully saturated rings. The lowest BCUT2D eigenvalue weighted by molar-refractivity contribution is 0.0701. The number of ether oxygens (including phenoxy) is 1. The molecule has 2 aromatic carbocycles. The predicted molar refractivity (Wildman–Crippen MR) is 132 cm³/mol. The number of amides is 1. The summed E-state index contributed by atoms with van der Waals surface area (Å²) in [6, 6.07) is 13.4. The zero-order valence-corrected chi connectivity index (χ0v) is 20.8. The van der Waals surface area contributed by atoms with E-state index in [1.807, 2.05) is 58.9 Å². The van der Waals surface area contributed by atoms with Gasteiger partial charge in [-0.2, -0.15) is 9.64 Å². The number of hydrogen-bond donors (Lipinski definition) is 1. The van der Waals surface area contributed by atoms with Crippen molar-refractivity contribution in [2.24, 2.45) is 0 Å². The molecule has 1 N–H and O–H groups in total. The molecule has 0 spiro atoms. The summed E-state index contributed by atoms with van der Waals surface area (Å²) in [6.45, 7) is 9.61. The third-order valence-corrected chi connectivity index (χ3v) is 6.61. The molecule has 1 amide bonds. The Labute approximate surface area is 203 Å². The largest absolute Gasteiger partial charge is 0.490 e. The summed E-state index contributed by atoms with van der Waals surface area (Å²) in [6.07, 6.45) is 0.586. The first kappa shape index (κ1) is 23.7. The summed E-state index contributed by atoms with van der Waals surface area (Å²) < 4.78 is 10.3. The number of aromatic nitrogens is 2. The van der Waals surface area contributed by atoms with Gasteiger partial charge in [0.05, 0.1) is 17.7 Å². The number of carboxylic acid groups (broad SMARTS) is 1. The number of rotatable bonds is 5. The molecule has 1 aromatic heterocycles. The number of fused-ring (bicyclic) bond motifs is 1. The smallest absolute Gasteiger partial charge is 0.408 e. The second-order valence-corrected chi connectivity index (χ2v) is 10.4. The van der Waals surface area contributed by atoms with Gasteiger partial charge in [-0.1, -0.05) is 18.2 Å². The monoisotopic (exact) mass is 476 g/mol. The van der Waals surface area contributed by atoms with Crippen LogP contribution >= 0.6 is 11.5 Å². The standard InChI is InChI=1S/C26H28N4O3S/c1-15(2)33-22-12-9-16(13-17(22)14-27)23-28-24(34-29-23)20-8-6-7-19-18(20)10-11-21(19)30(25(31)32)26(3,4)5/h6-9,12-13,15,21H,10-11H2,1-5H3,(H,31,32)/t21-/m0/s1. The molecule has 0 radical (unpaired) electrons. The zero-order valence-electron chi connectivity index (χ0n) is 20.0. The minimum Gasteiger partial charge on any atom is -0.490 e. The van der Waals surface area contributed by atoms with Crippen molar-refractivity contribution in [1.29, 1.82) is 5.26 Å². The lowest BCUT2D eigenvalue weighted by atomic mass is 9.98. The van der Waals surface area contributed by atoms with Crippen LogP contribution in [0.2, 0.25) is 0 Å². The first-order chi connectivity index (χ1) is 16.1. The van der Waals surface area contributed by atoms with Crippen molar-refractivity contribution >= 4 is 17.6 Å². The fraction of sp³-hybridized carbons (Fsp3) is 0.385. The van der Waals surface area contributed by atoms with Crippen LogP contribution in [0, 0.1) is 11.3 Å². The van der Waals surface area contributed by atoms with Crippen LogP contribution in [0.5, 0.6) is 5.75 Å². The molecule has 3 aromatic rings. The number of carbonyl (C=O) groups is 1. The van der Waals surface area contributed by atoms with Gasteiger partial charge in [0.15, 0.2) is 5.82 Å². The summed E-state index contributed by atoms with van der Waals surface area (Å²) in [5.41, 5.74) is 3.85. The van der Waals surface area contributed by atoms with Gasteiger partial charge in [0, 0.05) is 16.7 Å². The molecule has 0 aliphatic heterocycles. The van der Waals surface area contributed by atoms with Crippen LogP contribution in [0.15, 0.2) is 36.4 Å². The molecule has 8 heteroatoms. The molecule has 34 heavy (non-hydrogen) atoms. The first-order valence-corrected chi connectivity index (χ1v) is 12.1. The number of nitrogens with zero attached hydrogens (tertiary/aromatic N) is 4. The third-order valence-electron chi connectivity index (χ3n) is 5.86. The van der Waals surface area contributed by atoms with Gasteiger partial charge < -0.3 is 9.84 Å². The highest BCUT2D eigenvalue weighted by molar-refractivity contribution is 7.09. The maximum absolute atomic E-state index is 12.1. The number of benzene rings is 2. The Morgan fingerprint density at radius 2 is 2.06 bits per heavy atom. The van der Waals surface area contributed by atoms with Gasteiger partial charge in [-0.05, 0) is 88.3 Å². The van der Waals surface area contributed by atoms with Crippen molar-refractivity contribution in [3.8, 4) is 33.8 Å². The van der Waals surface area contributed by atoms with E-state index in [0.717, 1.165) is 40.1 Å². The van der Waals surface area contributed by atoms with Gasteiger partial charge in [-0.15, -0.1) is 0 Å². The quantitative estimate of drug-likeness (QED) is 0.464. The Morgan fingerprint density at radius 3 is 2.71 bits per heavy atom. The third kappa shape index (κ3) is 4.48. The van der Waals surface area contributed by atoms with E-state index < -0.39 is 11.6 Å². The van der Waals surface area contributed by atoms with E-state index >= 15 is 0 Å². The Bertz CT molecular complexity index is 1270. The van der Waals surface area contributed by atoms with Gasteiger partial charge in [-0.25, -0.2) is 9.78 Å². The summed E-state index contributed by atoms with van der Waals surface area (Å²) >= 11 is 1.31. The van der Waals surface area contributed by atoms with Crippen molar-refractivity contribution in [2.75, 3.05) is 0 Å². The molecule has 4 rings (SSSR count). The van der Waals surface area contributed by atoms with E-state index in [9.17, 15) is 15.2 Å². The van der Waals surface area contributed by atoms with Gasteiger partial charge in [0.1, 0.15) is 16.8 Å². The van der Waals surface area contributed by atoms with Crippen molar-refractivity contribution in [3.63, 3.8) is 0 Å². The maximum atomic E-state index is 12.1. The van der Waals surface area contributed by atoms with E-state index in [4.69, 9.17) is 9.72 Å². The van der Waals surface area contributed by atoms with Crippen LogP contribution in [0.1, 0.15) is 63.8 Å². The van der Waals surface area contributed by atoms with Crippen LogP contribution in [0.3, 0.4) is 0 Å².